The third kappa shape index (κ3) is 4.82. The van der Waals surface area contributed by atoms with Crippen molar-refractivity contribution in [2.24, 2.45) is 10.2 Å². The summed E-state index contributed by atoms with van der Waals surface area (Å²) >= 11 is 0. The lowest BCUT2D eigenvalue weighted by Crippen LogP contribution is -2.05. The first-order valence-electron chi connectivity index (χ1n) is 8.86. The van der Waals surface area contributed by atoms with Gasteiger partial charge in [0.25, 0.3) is 10.1 Å². The Hall–Kier alpha value is -3.61. The van der Waals surface area contributed by atoms with Gasteiger partial charge in [0.1, 0.15) is 10.6 Å². The molecule has 0 spiro atoms. The van der Waals surface area contributed by atoms with Crippen molar-refractivity contribution in [3.63, 3.8) is 0 Å². The van der Waals surface area contributed by atoms with E-state index in [1.807, 2.05) is 0 Å². The number of benzene rings is 3. The van der Waals surface area contributed by atoms with Gasteiger partial charge in [0, 0.05) is 23.4 Å². The van der Waals surface area contributed by atoms with Crippen LogP contribution >= 0.6 is 0 Å². The normalized spacial score (nSPS) is 12.2. The van der Waals surface area contributed by atoms with Crippen LogP contribution in [0.4, 0.5) is 17.1 Å². The van der Waals surface area contributed by atoms with E-state index in [-0.39, 0.29) is 27.3 Å². The molecule has 0 aliphatic carbocycles. The van der Waals surface area contributed by atoms with Crippen LogP contribution in [0.2, 0.25) is 0 Å². The molecule has 10 nitrogen and oxygen atoms in total. The first kappa shape index (κ1) is 23.1. The number of hydrogen-bond donors (Lipinski definition) is 3. The molecule has 3 rings (SSSR count). The number of fused-ring (bicyclic) bond motifs is 1. The Kier molecular flexibility index (Phi) is 6.12. The number of aromatic hydroxyl groups is 1. The number of phenols is 1. The highest BCUT2D eigenvalue weighted by Crippen LogP contribution is 2.42. The number of amides is 1. The molecule has 0 fully saturated rings. The zero-order valence-corrected chi connectivity index (χ0v) is 18.2. The molecule has 12 heteroatoms. The Bertz CT molecular complexity index is 1480. The van der Waals surface area contributed by atoms with Gasteiger partial charge in [-0.1, -0.05) is 12.6 Å². The van der Waals surface area contributed by atoms with Crippen LogP contribution in [-0.2, 0) is 24.7 Å². The summed E-state index contributed by atoms with van der Waals surface area (Å²) in [5.41, 5.74) is -0.0228. The molecule has 3 aromatic rings. The second-order valence-electron chi connectivity index (χ2n) is 6.57. The first-order valence-corrected chi connectivity index (χ1v) is 11.8. The van der Waals surface area contributed by atoms with Crippen molar-refractivity contribution in [1.29, 1.82) is 0 Å². The second-order valence-corrected chi connectivity index (χ2v) is 9.85. The molecule has 1 amide bonds. The van der Waals surface area contributed by atoms with Crippen molar-refractivity contribution in [2.45, 2.75) is 16.7 Å². The lowest BCUT2D eigenvalue weighted by molar-refractivity contribution is -0.114. The lowest BCUT2D eigenvalue weighted by atomic mass is 10.1. The molecule has 0 aliphatic rings. The van der Waals surface area contributed by atoms with Crippen molar-refractivity contribution in [1.82, 2.24) is 0 Å². The molecule has 0 saturated carbocycles. The quantitative estimate of drug-likeness (QED) is 0.357. The molecular weight excluding hydrogens is 458 g/mol. The van der Waals surface area contributed by atoms with Gasteiger partial charge in [0.2, 0.25) is 5.91 Å². The third-order valence-corrected chi connectivity index (χ3v) is 6.54. The second kappa shape index (κ2) is 8.49. The average Bonchev–Trinajstić information content (AvgIpc) is 2.72. The zero-order chi connectivity index (χ0) is 23.7. The van der Waals surface area contributed by atoms with Crippen LogP contribution in [-0.4, -0.2) is 32.4 Å². The summed E-state index contributed by atoms with van der Waals surface area (Å²) in [4.78, 5) is 10.6. The van der Waals surface area contributed by atoms with E-state index in [4.69, 9.17) is 0 Å². The van der Waals surface area contributed by atoms with Gasteiger partial charge in [-0.2, -0.15) is 13.5 Å². The van der Waals surface area contributed by atoms with Gasteiger partial charge in [-0.25, -0.2) is 8.42 Å². The van der Waals surface area contributed by atoms with Gasteiger partial charge >= 0.3 is 0 Å². The van der Waals surface area contributed by atoms with Crippen molar-refractivity contribution in [3.05, 3.63) is 60.5 Å². The summed E-state index contributed by atoms with van der Waals surface area (Å²) in [5, 5.41) is 22.1. The van der Waals surface area contributed by atoms with Crippen molar-refractivity contribution < 1.29 is 31.3 Å². The molecule has 0 radical (unpaired) electrons. The monoisotopic (exact) mass is 475 g/mol. The summed E-state index contributed by atoms with van der Waals surface area (Å²) in [6, 6.07) is 10.6. The number of anilines is 1. The van der Waals surface area contributed by atoms with E-state index in [0.717, 1.165) is 11.5 Å². The number of carbonyl (C=O) groups excluding carboxylic acids is 1. The molecule has 3 N–H and O–H groups in total. The average molecular weight is 476 g/mol. The van der Waals surface area contributed by atoms with E-state index in [1.165, 1.54) is 49.4 Å². The summed E-state index contributed by atoms with van der Waals surface area (Å²) in [6.07, 6.45) is 0. The van der Waals surface area contributed by atoms with Crippen molar-refractivity contribution in [2.75, 3.05) is 5.32 Å². The lowest BCUT2D eigenvalue weighted by Gasteiger charge is -2.10. The molecule has 0 heterocycles. The van der Waals surface area contributed by atoms with E-state index in [1.54, 1.807) is 0 Å². The number of sulfone groups is 1. The largest absolute Gasteiger partial charge is 0.505 e. The Morgan fingerprint density at radius 2 is 1.69 bits per heavy atom. The Morgan fingerprint density at radius 1 is 1.03 bits per heavy atom. The number of nitrogens with one attached hydrogen (secondary N) is 1. The minimum Gasteiger partial charge on any atom is -0.505 e. The first-order chi connectivity index (χ1) is 14.9. The Balaban J connectivity index is 2.13. The van der Waals surface area contributed by atoms with Gasteiger partial charge in [-0.05, 0) is 47.9 Å². The van der Waals surface area contributed by atoms with E-state index in [0.29, 0.717) is 5.69 Å². The van der Waals surface area contributed by atoms with Crippen molar-refractivity contribution in [3.8, 4) is 5.75 Å². The molecule has 0 atom stereocenters. The van der Waals surface area contributed by atoms with Crippen LogP contribution in [0.15, 0.2) is 80.5 Å². The topological polar surface area (TPSA) is 163 Å². The number of rotatable bonds is 6. The maximum atomic E-state index is 11.9. The van der Waals surface area contributed by atoms with Crippen LogP contribution in [0, 0.1) is 0 Å². The smallest absolute Gasteiger partial charge is 0.296 e. The molecule has 3 aromatic carbocycles. The summed E-state index contributed by atoms with van der Waals surface area (Å²) in [6.45, 7) is 4.54. The standard InChI is InChI=1S/C20H17N3O7S2/c1-3-31(26,27)16-8-6-14(7-9-16)22-23-19-18(32(28,29)30)10-13-4-5-15(21-12(2)24)11-17(13)20(19)25/h3-11,25H,1H2,2H3,(H,21,24)(H,28,29,30). The van der Waals surface area contributed by atoms with Crippen LogP contribution in [0.1, 0.15) is 6.92 Å². The molecule has 166 valence electrons. The maximum absolute atomic E-state index is 11.9. The molecule has 0 aromatic heterocycles. The molecule has 0 saturated heterocycles. The van der Waals surface area contributed by atoms with Gasteiger partial charge in [-0.3, -0.25) is 9.35 Å². The van der Waals surface area contributed by atoms with Gasteiger partial charge < -0.3 is 10.4 Å². The number of phenolic OH excluding ortho intramolecular Hbond substituents is 1. The van der Waals surface area contributed by atoms with Gasteiger partial charge in [-0.15, -0.1) is 5.11 Å². The van der Waals surface area contributed by atoms with Crippen LogP contribution in [0.3, 0.4) is 0 Å². The predicted octanol–water partition coefficient (Wildman–Crippen LogP) is 4.08. The van der Waals surface area contributed by atoms with E-state index in [2.05, 4.69) is 22.1 Å². The number of hydrogen-bond acceptors (Lipinski definition) is 8. The zero-order valence-electron chi connectivity index (χ0n) is 16.5. The van der Waals surface area contributed by atoms with Gasteiger partial charge in [0.15, 0.2) is 15.6 Å². The Morgan fingerprint density at radius 3 is 2.25 bits per heavy atom. The Labute approximate surface area is 183 Å². The van der Waals surface area contributed by atoms with E-state index >= 15 is 0 Å². The highest BCUT2D eigenvalue weighted by Gasteiger charge is 2.22. The van der Waals surface area contributed by atoms with Crippen molar-refractivity contribution >= 4 is 53.7 Å². The van der Waals surface area contributed by atoms with Crippen LogP contribution < -0.4 is 5.32 Å². The van der Waals surface area contributed by atoms with Crippen LogP contribution in [0.5, 0.6) is 5.75 Å². The molecule has 32 heavy (non-hydrogen) atoms. The number of carbonyl (C=O) groups is 1. The fourth-order valence-electron chi connectivity index (χ4n) is 2.82. The van der Waals surface area contributed by atoms with Crippen LogP contribution in [0.25, 0.3) is 10.8 Å². The predicted molar refractivity (Wildman–Crippen MR) is 118 cm³/mol. The fourth-order valence-corrected chi connectivity index (χ4v) is 4.19. The maximum Gasteiger partial charge on any atom is 0.296 e. The van der Waals surface area contributed by atoms with E-state index < -0.39 is 36.3 Å². The molecular formula is C20H17N3O7S2. The summed E-state index contributed by atoms with van der Waals surface area (Å²) in [5.74, 6) is -0.933. The SMILES string of the molecule is C=CS(=O)(=O)c1ccc(N=Nc2c(S(=O)(=O)O)cc3ccc(NC(C)=O)cc3c2O)cc1. The molecule has 0 aliphatic heterocycles. The third-order valence-electron chi connectivity index (χ3n) is 4.30. The highest BCUT2D eigenvalue weighted by molar-refractivity contribution is 7.94. The minimum absolute atomic E-state index is 0.0240. The molecule has 0 bridgehead atoms. The van der Waals surface area contributed by atoms with E-state index in [9.17, 15) is 31.3 Å². The van der Waals surface area contributed by atoms with Gasteiger partial charge in [0.05, 0.1) is 10.6 Å². The molecule has 0 unspecified atom stereocenters. The minimum atomic E-state index is -4.78. The number of azo groups is 1. The summed E-state index contributed by atoms with van der Waals surface area (Å²) < 4.78 is 56.9. The summed E-state index contributed by atoms with van der Waals surface area (Å²) in [7, 11) is -8.43. The highest BCUT2D eigenvalue weighted by atomic mass is 32.2. The number of nitrogens with zero attached hydrogens (tertiary/aromatic N) is 2. The fraction of sp³-hybridized carbons (Fsp3) is 0.0500.